The second kappa shape index (κ2) is 7.74. The van der Waals surface area contributed by atoms with Crippen molar-refractivity contribution in [3.63, 3.8) is 0 Å². The number of likely N-dealkylation sites (tertiary alicyclic amines) is 1. The van der Waals surface area contributed by atoms with Gasteiger partial charge < -0.3 is 14.2 Å². The van der Waals surface area contributed by atoms with Gasteiger partial charge in [0.15, 0.2) is 0 Å². The Hall–Kier alpha value is -2.28. The maximum absolute atomic E-state index is 13.4. The molecule has 2 aromatic rings. The molecule has 0 radical (unpaired) electrons. The molecule has 1 saturated heterocycles. The van der Waals surface area contributed by atoms with E-state index in [9.17, 15) is 13.6 Å². The van der Waals surface area contributed by atoms with E-state index in [1.807, 2.05) is 10.8 Å². The molecule has 1 aromatic carbocycles. The molecular weight excluding hydrogens is 328 g/mol. The largest absolute Gasteiger partial charge is 0.383 e. The molecule has 1 amide bonds. The molecule has 0 N–H and O–H groups in total. The molecule has 1 aliphatic heterocycles. The first kappa shape index (κ1) is 17.5. The topological polar surface area (TPSA) is 47.4 Å². The fourth-order valence-corrected chi connectivity index (χ4v) is 3.29. The number of rotatable bonds is 5. The molecule has 7 heteroatoms. The van der Waals surface area contributed by atoms with Gasteiger partial charge in [0, 0.05) is 56.7 Å². The number of ether oxygens (including phenoxy) is 1. The summed E-state index contributed by atoms with van der Waals surface area (Å²) in [7, 11) is 1.65. The maximum atomic E-state index is 13.4. The van der Waals surface area contributed by atoms with Crippen LogP contribution in [-0.2, 0) is 11.3 Å². The van der Waals surface area contributed by atoms with Crippen molar-refractivity contribution >= 4 is 5.91 Å². The fraction of sp³-hybridized carbons (Fsp3) is 0.444. The summed E-state index contributed by atoms with van der Waals surface area (Å²) in [6.45, 7) is 2.35. The van der Waals surface area contributed by atoms with Crippen LogP contribution in [0.3, 0.4) is 0 Å². The Labute approximate surface area is 145 Å². The van der Waals surface area contributed by atoms with Crippen LogP contribution in [0.1, 0.15) is 34.9 Å². The number of nitrogens with zero attached hydrogens (tertiary/aromatic N) is 3. The molecule has 1 fully saturated rings. The Morgan fingerprint density at radius 2 is 2.08 bits per heavy atom. The van der Waals surface area contributed by atoms with E-state index in [0.29, 0.717) is 26.2 Å². The van der Waals surface area contributed by atoms with Gasteiger partial charge >= 0.3 is 0 Å². The number of hydrogen-bond acceptors (Lipinski definition) is 3. The van der Waals surface area contributed by atoms with E-state index in [0.717, 1.165) is 36.9 Å². The number of halogens is 2. The van der Waals surface area contributed by atoms with Gasteiger partial charge in [-0.25, -0.2) is 13.8 Å². The zero-order chi connectivity index (χ0) is 17.8. The summed E-state index contributed by atoms with van der Waals surface area (Å²) in [5.41, 5.74) is 0.0425. The number of carbonyl (C=O) groups is 1. The summed E-state index contributed by atoms with van der Waals surface area (Å²) in [5.74, 6) is -0.819. The standard InChI is InChI=1S/C18H21F2N3O2/c1-25-8-7-22-6-4-21-17(22)13-3-2-5-23(12-13)18(24)14-9-15(19)11-16(20)10-14/h4,6,9-11,13H,2-3,5,7-8,12H2,1H3/t13-/m1/s1. The van der Waals surface area contributed by atoms with Crippen LogP contribution in [0.4, 0.5) is 8.78 Å². The fourth-order valence-electron chi connectivity index (χ4n) is 3.29. The molecule has 5 nitrogen and oxygen atoms in total. The van der Waals surface area contributed by atoms with Crippen LogP contribution in [0.25, 0.3) is 0 Å². The van der Waals surface area contributed by atoms with Crippen LogP contribution in [0.2, 0.25) is 0 Å². The Kier molecular flexibility index (Phi) is 5.43. The molecule has 0 bridgehead atoms. The first-order valence-electron chi connectivity index (χ1n) is 8.34. The van der Waals surface area contributed by atoms with Crippen molar-refractivity contribution < 1.29 is 18.3 Å². The Morgan fingerprint density at radius 3 is 2.80 bits per heavy atom. The summed E-state index contributed by atoms with van der Waals surface area (Å²) in [5, 5.41) is 0. The number of methoxy groups -OCH3 is 1. The summed E-state index contributed by atoms with van der Waals surface area (Å²) in [6.07, 6.45) is 5.39. The first-order chi connectivity index (χ1) is 12.1. The van der Waals surface area contributed by atoms with E-state index < -0.39 is 11.6 Å². The lowest BCUT2D eigenvalue weighted by Gasteiger charge is -2.32. The summed E-state index contributed by atoms with van der Waals surface area (Å²) < 4.78 is 33.9. The van der Waals surface area contributed by atoms with Gasteiger partial charge in [-0.3, -0.25) is 4.79 Å². The monoisotopic (exact) mass is 349 g/mol. The second-order valence-electron chi connectivity index (χ2n) is 6.22. The van der Waals surface area contributed by atoms with Crippen molar-refractivity contribution in [1.29, 1.82) is 0 Å². The first-order valence-corrected chi connectivity index (χ1v) is 8.34. The molecule has 134 valence electrons. The molecule has 1 aliphatic rings. The minimum Gasteiger partial charge on any atom is -0.383 e. The van der Waals surface area contributed by atoms with Crippen molar-refractivity contribution in [3.8, 4) is 0 Å². The van der Waals surface area contributed by atoms with Gasteiger partial charge in [0.2, 0.25) is 0 Å². The van der Waals surface area contributed by atoms with Crippen LogP contribution in [0, 0.1) is 11.6 Å². The van der Waals surface area contributed by atoms with Gasteiger partial charge in [0.1, 0.15) is 17.5 Å². The van der Waals surface area contributed by atoms with Crippen LogP contribution in [0.15, 0.2) is 30.6 Å². The summed E-state index contributed by atoms with van der Waals surface area (Å²) in [6, 6.07) is 2.92. The number of imidazole rings is 1. The minimum absolute atomic E-state index is 0.0425. The number of amides is 1. The summed E-state index contributed by atoms with van der Waals surface area (Å²) >= 11 is 0. The van der Waals surface area contributed by atoms with Crippen molar-refractivity contribution in [3.05, 3.63) is 53.6 Å². The molecule has 1 atom stereocenters. The molecule has 1 aromatic heterocycles. The zero-order valence-electron chi connectivity index (χ0n) is 14.1. The maximum Gasteiger partial charge on any atom is 0.254 e. The van der Waals surface area contributed by atoms with Crippen LogP contribution in [0.5, 0.6) is 0 Å². The average molecular weight is 349 g/mol. The molecule has 2 heterocycles. The van der Waals surface area contributed by atoms with E-state index in [2.05, 4.69) is 4.98 Å². The number of hydrogen-bond donors (Lipinski definition) is 0. The third-order valence-corrected chi connectivity index (χ3v) is 4.47. The van der Waals surface area contributed by atoms with E-state index >= 15 is 0 Å². The Balaban J connectivity index is 1.75. The van der Waals surface area contributed by atoms with Gasteiger partial charge in [-0.15, -0.1) is 0 Å². The van der Waals surface area contributed by atoms with Gasteiger partial charge in [0.05, 0.1) is 6.61 Å². The van der Waals surface area contributed by atoms with Crippen LogP contribution >= 0.6 is 0 Å². The Morgan fingerprint density at radius 1 is 1.32 bits per heavy atom. The number of aromatic nitrogens is 2. The number of benzene rings is 1. The average Bonchev–Trinajstić information content (AvgIpc) is 3.07. The van der Waals surface area contributed by atoms with E-state index in [-0.39, 0.29) is 17.4 Å². The molecular formula is C18H21F2N3O2. The van der Waals surface area contributed by atoms with Gasteiger partial charge in [-0.2, -0.15) is 0 Å². The SMILES string of the molecule is COCCn1ccnc1[C@@H]1CCCN(C(=O)c2cc(F)cc(F)c2)C1. The van der Waals surface area contributed by atoms with Crippen molar-refractivity contribution in [2.24, 2.45) is 0 Å². The minimum atomic E-state index is -0.744. The third kappa shape index (κ3) is 4.04. The molecule has 3 rings (SSSR count). The normalized spacial score (nSPS) is 17.7. The van der Waals surface area contributed by atoms with E-state index in [1.165, 1.54) is 0 Å². The zero-order valence-corrected chi connectivity index (χ0v) is 14.1. The lowest BCUT2D eigenvalue weighted by molar-refractivity contribution is 0.0701. The number of piperidine rings is 1. The van der Waals surface area contributed by atoms with E-state index in [1.54, 1.807) is 18.2 Å². The Bertz CT molecular complexity index is 727. The molecule has 0 unspecified atom stereocenters. The highest BCUT2D eigenvalue weighted by molar-refractivity contribution is 5.94. The second-order valence-corrected chi connectivity index (χ2v) is 6.22. The molecule has 0 saturated carbocycles. The highest BCUT2D eigenvalue weighted by Gasteiger charge is 2.28. The quantitative estimate of drug-likeness (QED) is 0.834. The third-order valence-electron chi connectivity index (χ3n) is 4.47. The van der Waals surface area contributed by atoms with Crippen molar-refractivity contribution in [2.75, 3.05) is 26.8 Å². The van der Waals surface area contributed by atoms with Gasteiger partial charge in [-0.1, -0.05) is 0 Å². The highest BCUT2D eigenvalue weighted by atomic mass is 19.1. The predicted molar refractivity (Wildman–Crippen MR) is 88.3 cm³/mol. The smallest absolute Gasteiger partial charge is 0.254 e. The van der Waals surface area contributed by atoms with Crippen LogP contribution in [-0.4, -0.2) is 47.2 Å². The van der Waals surface area contributed by atoms with Crippen molar-refractivity contribution in [2.45, 2.75) is 25.3 Å². The lowest BCUT2D eigenvalue weighted by atomic mass is 9.96. The molecule has 25 heavy (non-hydrogen) atoms. The number of carbonyl (C=O) groups excluding carboxylic acids is 1. The van der Waals surface area contributed by atoms with Crippen molar-refractivity contribution in [1.82, 2.24) is 14.5 Å². The summed E-state index contributed by atoms with van der Waals surface area (Å²) in [4.78, 5) is 18.7. The predicted octanol–water partition coefficient (Wildman–Crippen LogP) is 2.83. The van der Waals surface area contributed by atoms with Crippen LogP contribution < -0.4 is 0 Å². The lowest BCUT2D eigenvalue weighted by Crippen LogP contribution is -2.40. The molecule has 0 spiro atoms. The van der Waals surface area contributed by atoms with Gasteiger partial charge in [-0.05, 0) is 25.0 Å². The van der Waals surface area contributed by atoms with E-state index in [4.69, 9.17) is 4.74 Å². The molecule has 0 aliphatic carbocycles. The highest BCUT2D eigenvalue weighted by Crippen LogP contribution is 2.27. The van der Waals surface area contributed by atoms with Gasteiger partial charge in [0.25, 0.3) is 5.91 Å².